The number of rotatable bonds is 4. The molecule has 1 aromatic heterocycles. The quantitative estimate of drug-likeness (QED) is 0.505. The summed E-state index contributed by atoms with van der Waals surface area (Å²) < 4.78 is 2.38. The average Bonchev–Trinajstić information content (AvgIpc) is 3.03. The van der Waals surface area contributed by atoms with Crippen LogP contribution in [0.1, 0.15) is 77.0 Å². The first-order valence-electron chi connectivity index (χ1n) is 11.0. The third kappa shape index (κ3) is 4.07. The molecule has 156 valence electrons. The number of fused-ring (bicyclic) bond motifs is 1. The number of hydrogen-bond acceptors (Lipinski definition) is 3. The minimum atomic E-state index is 0.307. The normalized spacial score (nSPS) is 21.0. The predicted octanol–water partition coefficient (Wildman–Crippen LogP) is 7.16. The number of aromatic nitrogens is 2. The molecule has 2 atom stereocenters. The Kier molecular flexibility index (Phi) is 5.32. The minimum absolute atomic E-state index is 0.307. The zero-order valence-electron chi connectivity index (χ0n) is 18.7. The zero-order valence-corrected chi connectivity index (χ0v) is 18.7. The summed E-state index contributed by atoms with van der Waals surface area (Å²) in [7, 11) is 0. The van der Waals surface area contributed by atoms with Crippen LogP contribution >= 0.6 is 0 Å². The second kappa shape index (κ2) is 7.80. The summed E-state index contributed by atoms with van der Waals surface area (Å²) in [6.45, 7) is 11.5. The van der Waals surface area contributed by atoms with Gasteiger partial charge in [0.1, 0.15) is 0 Å². The van der Waals surface area contributed by atoms with Gasteiger partial charge in [-0.3, -0.25) is 0 Å². The van der Waals surface area contributed by atoms with Crippen LogP contribution in [0.2, 0.25) is 0 Å². The highest BCUT2D eigenvalue weighted by Crippen LogP contribution is 2.46. The zero-order chi connectivity index (χ0) is 21.5. The van der Waals surface area contributed by atoms with Crippen LogP contribution in [0.3, 0.4) is 0 Å². The number of hydrogen-bond donors (Lipinski definition) is 1. The van der Waals surface area contributed by atoms with Crippen LogP contribution in [0.5, 0.6) is 0 Å². The van der Waals surface area contributed by atoms with Crippen molar-refractivity contribution in [1.82, 2.24) is 9.55 Å². The summed E-state index contributed by atoms with van der Waals surface area (Å²) in [4.78, 5) is 4.92. The highest BCUT2D eigenvalue weighted by molar-refractivity contribution is 5.81. The Labute approximate surface area is 179 Å². The largest absolute Gasteiger partial charge is 0.326 e. The maximum Gasteiger partial charge on any atom is 0.208 e. The second-order valence-corrected chi connectivity index (χ2v) is 10.1. The fraction of sp³-hybridized carbons (Fsp3) is 0.462. The Morgan fingerprint density at radius 2 is 1.87 bits per heavy atom. The molecule has 0 bridgehead atoms. The van der Waals surface area contributed by atoms with E-state index in [-0.39, 0.29) is 0 Å². The number of nitriles is 1. The van der Waals surface area contributed by atoms with E-state index in [0.717, 1.165) is 35.5 Å². The Hall–Kier alpha value is -2.80. The molecular formula is C26H32N4. The molecule has 0 spiro atoms. The van der Waals surface area contributed by atoms with Gasteiger partial charge in [-0.05, 0) is 72.4 Å². The van der Waals surface area contributed by atoms with E-state index in [2.05, 4.69) is 80.9 Å². The van der Waals surface area contributed by atoms with Gasteiger partial charge >= 0.3 is 0 Å². The molecule has 0 amide bonds. The standard InChI is InChI=1S/C26H32N4/c1-17(2)20-7-9-21(10-8-20)28-25-29-23-13-19(16-27)6-11-24(23)30(25)22-12-18(3)14-26(4,5)15-22/h6-11,13,17-18,22H,12,14-15H2,1-5H3,(H,28,29)/t18-,22?/m0/s1. The molecule has 30 heavy (non-hydrogen) atoms. The SMILES string of the molecule is CC(C)c1ccc(Nc2nc3cc(C#N)ccc3n2C2C[C@H](C)CC(C)(C)C2)cc1. The fourth-order valence-corrected chi connectivity index (χ4v) is 5.20. The van der Waals surface area contributed by atoms with E-state index in [9.17, 15) is 5.26 Å². The van der Waals surface area contributed by atoms with Crippen LogP contribution in [-0.2, 0) is 0 Å². The van der Waals surface area contributed by atoms with Gasteiger partial charge in [0.05, 0.1) is 22.7 Å². The van der Waals surface area contributed by atoms with Crippen molar-refractivity contribution in [2.75, 3.05) is 5.32 Å². The van der Waals surface area contributed by atoms with Crippen LogP contribution in [-0.4, -0.2) is 9.55 Å². The second-order valence-electron chi connectivity index (χ2n) is 10.1. The lowest BCUT2D eigenvalue weighted by Crippen LogP contribution is -2.29. The summed E-state index contributed by atoms with van der Waals surface area (Å²) in [5.74, 6) is 2.05. The molecule has 1 heterocycles. The molecule has 1 N–H and O–H groups in total. The van der Waals surface area contributed by atoms with Crippen molar-refractivity contribution < 1.29 is 0 Å². The van der Waals surface area contributed by atoms with Crippen LogP contribution in [0.15, 0.2) is 42.5 Å². The van der Waals surface area contributed by atoms with Crippen LogP contribution in [0.25, 0.3) is 11.0 Å². The lowest BCUT2D eigenvalue weighted by atomic mass is 9.70. The number of benzene rings is 2. The third-order valence-electron chi connectivity index (χ3n) is 6.38. The highest BCUT2D eigenvalue weighted by Gasteiger charge is 2.34. The van der Waals surface area contributed by atoms with Crippen molar-refractivity contribution in [3.05, 3.63) is 53.6 Å². The third-order valence-corrected chi connectivity index (χ3v) is 6.38. The molecule has 4 nitrogen and oxygen atoms in total. The number of nitrogens with zero attached hydrogens (tertiary/aromatic N) is 3. The lowest BCUT2D eigenvalue weighted by Gasteiger charge is -2.40. The Bertz CT molecular complexity index is 1080. The average molecular weight is 401 g/mol. The summed E-state index contributed by atoms with van der Waals surface area (Å²) in [6.07, 6.45) is 3.54. The molecule has 1 fully saturated rings. The maximum atomic E-state index is 9.33. The fourth-order valence-electron chi connectivity index (χ4n) is 5.20. The smallest absolute Gasteiger partial charge is 0.208 e. The molecular weight excluding hydrogens is 368 g/mol. The number of nitrogens with one attached hydrogen (secondary N) is 1. The van der Waals surface area contributed by atoms with Gasteiger partial charge in [0.25, 0.3) is 0 Å². The van der Waals surface area contributed by atoms with Crippen molar-refractivity contribution in [2.24, 2.45) is 11.3 Å². The molecule has 2 aromatic carbocycles. The van der Waals surface area contributed by atoms with Crippen LogP contribution in [0, 0.1) is 22.7 Å². The Morgan fingerprint density at radius 1 is 1.13 bits per heavy atom. The van der Waals surface area contributed by atoms with Gasteiger partial charge in [-0.2, -0.15) is 5.26 Å². The molecule has 1 saturated carbocycles. The van der Waals surface area contributed by atoms with Crippen LogP contribution < -0.4 is 5.32 Å². The lowest BCUT2D eigenvalue weighted by molar-refractivity contribution is 0.140. The van der Waals surface area contributed by atoms with Crippen molar-refractivity contribution in [3.63, 3.8) is 0 Å². The molecule has 1 aliphatic rings. The summed E-state index contributed by atoms with van der Waals surface area (Å²) in [6, 6.07) is 17.1. The topological polar surface area (TPSA) is 53.6 Å². The van der Waals surface area contributed by atoms with E-state index >= 15 is 0 Å². The molecule has 0 radical (unpaired) electrons. The monoisotopic (exact) mass is 400 g/mol. The summed E-state index contributed by atoms with van der Waals surface area (Å²) in [5, 5.41) is 12.9. The van der Waals surface area contributed by atoms with E-state index in [4.69, 9.17) is 4.98 Å². The van der Waals surface area contributed by atoms with E-state index in [0.29, 0.717) is 28.9 Å². The van der Waals surface area contributed by atoms with Gasteiger partial charge in [-0.15, -0.1) is 0 Å². The molecule has 4 heteroatoms. The van der Waals surface area contributed by atoms with Gasteiger partial charge in [-0.25, -0.2) is 4.98 Å². The van der Waals surface area contributed by atoms with Gasteiger partial charge in [0.15, 0.2) is 0 Å². The molecule has 1 unspecified atom stereocenters. The van der Waals surface area contributed by atoms with E-state index in [1.807, 2.05) is 12.1 Å². The molecule has 3 aromatic rings. The number of anilines is 2. The molecule has 0 saturated heterocycles. The van der Waals surface area contributed by atoms with E-state index < -0.39 is 0 Å². The maximum absolute atomic E-state index is 9.33. The first-order valence-corrected chi connectivity index (χ1v) is 11.0. The molecule has 0 aliphatic heterocycles. The number of imidazole rings is 1. The Morgan fingerprint density at radius 3 is 2.50 bits per heavy atom. The van der Waals surface area contributed by atoms with Crippen molar-refractivity contribution >= 4 is 22.7 Å². The van der Waals surface area contributed by atoms with E-state index in [1.165, 1.54) is 12.0 Å². The molecule has 4 rings (SSSR count). The van der Waals surface area contributed by atoms with Crippen molar-refractivity contribution in [1.29, 1.82) is 5.26 Å². The van der Waals surface area contributed by atoms with Crippen LogP contribution in [0.4, 0.5) is 11.6 Å². The van der Waals surface area contributed by atoms with Crippen molar-refractivity contribution in [3.8, 4) is 6.07 Å². The first-order chi connectivity index (χ1) is 14.3. The van der Waals surface area contributed by atoms with E-state index in [1.54, 1.807) is 0 Å². The first kappa shape index (κ1) is 20.5. The van der Waals surface area contributed by atoms with Gasteiger partial charge in [-0.1, -0.05) is 46.8 Å². The summed E-state index contributed by atoms with van der Waals surface area (Å²) in [5.41, 5.74) is 5.31. The Balaban J connectivity index is 1.77. The van der Waals surface area contributed by atoms with Crippen molar-refractivity contribution in [2.45, 2.75) is 65.8 Å². The predicted molar refractivity (Wildman–Crippen MR) is 124 cm³/mol. The highest BCUT2D eigenvalue weighted by atomic mass is 15.2. The molecule has 1 aliphatic carbocycles. The van der Waals surface area contributed by atoms with Gasteiger partial charge < -0.3 is 9.88 Å². The van der Waals surface area contributed by atoms with Gasteiger partial charge in [0, 0.05) is 11.7 Å². The van der Waals surface area contributed by atoms with Gasteiger partial charge in [0.2, 0.25) is 5.95 Å². The minimum Gasteiger partial charge on any atom is -0.326 e. The summed E-state index contributed by atoms with van der Waals surface area (Å²) >= 11 is 0.